The van der Waals surface area contributed by atoms with Crippen LogP contribution in [0.15, 0.2) is 0 Å². The number of carbonyl (C=O) groups is 2. The molecule has 0 aliphatic rings. The molecule has 8 heteroatoms. The molecule has 0 bridgehead atoms. The number of hydrogen-bond donors (Lipinski definition) is 0. The Morgan fingerprint density at radius 1 is 0.947 bits per heavy atom. The summed E-state index contributed by atoms with van der Waals surface area (Å²) in [7, 11) is -4.18. The van der Waals surface area contributed by atoms with Gasteiger partial charge in [-0.1, -0.05) is 0 Å². The largest absolute Gasteiger partial charge is 0.465 e. The van der Waals surface area contributed by atoms with Crippen LogP contribution in [0.25, 0.3) is 0 Å². The van der Waals surface area contributed by atoms with E-state index < -0.39 is 32.5 Å². The SMILES string of the molecule is CCOC(=O)C(C(=O)OCC)S(=O)(=O)C(C)OCC. The van der Waals surface area contributed by atoms with Gasteiger partial charge in [-0.05, 0) is 27.7 Å². The molecule has 0 aromatic rings. The van der Waals surface area contributed by atoms with Gasteiger partial charge in [0.15, 0.2) is 5.44 Å². The molecule has 0 spiro atoms. The van der Waals surface area contributed by atoms with Gasteiger partial charge in [-0.2, -0.15) is 0 Å². The highest BCUT2D eigenvalue weighted by molar-refractivity contribution is 7.94. The minimum absolute atomic E-state index is 0.0345. The molecule has 1 atom stereocenters. The highest BCUT2D eigenvalue weighted by Gasteiger charge is 2.45. The number of sulfone groups is 1. The second-order valence-electron chi connectivity index (χ2n) is 3.50. The topological polar surface area (TPSA) is 96.0 Å². The monoisotopic (exact) mass is 296 g/mol. The molecule has 0 N–H and O–H groups in total. The molecule has 0 aromatic carbocycles. The Balaban J connectivity index is 5.34. The van der Waals surface area contributed by atoms with E-state index in [9.17, 15) is 18.0 Å². The summed E-state index contributed by atoms with van der Waals surface area (Å²) in [5.74, 6) is -2.29. The average molecular weight is 296 g/mol. The maximum absolute atomic E-state index is 12.1. The van der Waals surface area contributed by atoms with Gasteiger partial charge in [-0.3, -0.25) is 9.59 Å². The lowest BCUT2D eigenvalue weighted by molar-refractivity contribution is -0.153. The van der Waals surface area contributed by atoms with Crippen LogP contribution in [0.4, 0.5) is 0 Å². The Hall–Kier alpha value is -1.15. The van der Waals surface area contributed by atoms with Crippen LogP contribution in [0.3, 0.4) is 0 Å². The Kier molecular flexibility index (Phi) is 7.62. The van der Waals surface area contributed by atoms with Gasteiger partial charge in [0.05, 0.1) is 13.2 Å². The van der Waals surface area contributed by atoms with Crippen LogP contribution in [0.2, 0.25) is 0 Å². The summed E-state index contributed by atoms with van der Waals surface area (Å²) in [6, 6.07) is 0. The van der Waals surface area contributed by atoms with Crippen molar-refractivity contribution in [2.75, 3.05) is 19.8 Å². The third kappa shape index (κ3) is 4.79. The van der Waals surface area contributed by atoms with Crippen molar-refractivity contribution in [3.05, 3.63) is 0 Å². The van der Waals surface area contributed by atoms with Gasteiger partial charge < -0.3 is 14.2 Å². The van der Waals surface area contributed by atoms with Crippen LogP contribution in [0.5, 0.6) is 0 Å². The van der Waals surface area contributed by atoms with Crippen molar-refractivity contribution in [1.82, 2.24) is 0 Å². The first-order valence-electron chi connectivity index (χ1n) is 6.00. The zero-order valence-corrected chi connectivity index (χ0v) is 12.4. The molecule has 1 unspecified atom stereocenters. The Bertz CT molecular complexity index is 383. The molecule has 0 aromatic heterocycles. The quantitative estimate of drug-likeness (QED) is 0.469. The zero-order valence-electron chi connectivity index (χ0n) is 11.5. The number of rotatable bonds is 8. The van der Waals surface area contributed by atoms with E-state index >= 15 is 0 Å². The molecule has 0 heterocycles. The second-order valence-corrected chi connectivity index (χ2v) is 5.81. The molecular formula is C11H20O7S. The molecule has 0 rings (SSSR count). The van der Waals surface area contributed by atoms with E-state index in [1.807, 2.05) is 0 Å². The summed E-state index contributed by atoms with van der Waals surface area (Å²) in [6.07, 6.45) is 0. The van der Waals surface area contributed by atoms with E-state index in [-0.39, 0.29) is 19.8 Å². The van der Waals surface area contributed by atoms with Crippen molar-refractivity contribution in [3.8, 4) is 0 Å². The first-order valence-corrected chi connectivity index (χ1v) is 7.61. The fourth-order valence-corrected chi connectivity index (χ4v) is 2.70. The van der Waals surface area contributed by atoms with Crippen molar-refractivity contribution in [1.29, 1.82) is 0 Å². The van der Waals surface area contributed by atoms with E-state index in [2.05, 4.69) is 9.47 Å². The molecule has 7 nitrogen and oxygen atoms in total. The molecule has 0 aliphatic heterocycles. The maximum atomic E-state index is 12.1. The molecule has 112 valence electrons. The third-order valence-electron chi connectivity index (χ3n) is 2.19. The summed E-state index contributed by atoms with van der Waals surface area (Å²) < 4.78 is 38.4. The van der Waals surface area contributed by atoms with Crippen LogP contribution in [0, 0.1) is 0 Å². The average Bonchev–Trinajstić information content (AvgIpc) is 2.29. The summed E-state index contributed by atoms with van der Waals surface area (Å²) in [6.45, 7) is 5.96. The lowest BCUT2D eigenvalue weighted by Crippen LogP contribution is -2.45. The van der Waals surface area contributed by atoms with Gasteiger partial charge in [0.1, 0.15) is 0 Å². The first kappa shape index (κ1) is 17.8. The lowest BCUT2D eigenvalue weighted by atomic mass is 10.4. The number of esters is 2. The van der Waals surface area contributed by atoms with E-state index in [1.165, 1.54) is 20.8 Å². The molecule has 19 heavy (non-hydrogen) atoms. The number of ether oxygens (including phenoxy) is 3. The van der Waals surface area contributed by atoms with Crippen molar-refractivity contribution in [3.63, 3.8) is 0 Å². The minimum Gasteiger partial charge on any atom is -0.465 e. The van der Waals surface area contributed by atoms with Crippen molar-refractivity contribution >= 4 is 21.8 Å². The highest BCUT2D eigenvalue weighted by atomic mass is 32.2. The smallest absolute Gasteiger partial charge is 0.336 e. The van der Waals surface area contributed by atoms with E-state index in [0.29, 0.717) is 0 Å². The fourth-order valence-electron chi connectivity index (χ4n) is 1.32. The predicted octanol–water partition coefficient (Wildman–Crippen LogP) is 0.278. The van der Waals surface area contributed by atoms with Gasteiger partial charge in [0.2, 0.25) is 9.84 Å². The summed E-state index contributed by atoms with van der Waals surface area (Å²) in [4.78, 5) is 23.3. The van der Waals surface area contributed by atoms with E-state index in [0.717, 1.165) is 0 Å². The van der Waals surface area contributed by atoms with Gasteiger partial charge in [0.25, 0.3) is 5.25 Å². The first-order chi connectivity index (χ1) is 8.82. The van der Waals surface area contributed by atoms with E-state index in [4.69, 9.17) is 4.74 Å². The standard InChI is InChI=1S/C11H20O7S/c1-5-16-8(4)19(14,15)9(10(12)17-6-2)11(13)18-7-3/h8-9H,5-7H2,1-4H3. The van der Waals surface area contributed by atoms with Crippen LogP contribution in [0.1, 0.15) is 27.7 Å². The van der Waals surface area contributed by atoms with Crippen molar-refractivity contribution in [2.45, 2.75) is 38.4 Å². The molecule has 0 fully saturated rings. The van der Waals surface area contributed by atoms with Gasteiger partial charge in [-0.15, -0.1) is 0 Å². The Labute approximate surface area is 113 Å². The second kappa shape index (κ2) is 8.11. The van der Waals surface area contributed by atoms with Crippen LogP contribution < -0.4 is 0 Å². The Morgan fingerprint density at radius 2 is 1.37 bits per heavy atom. The normalized spacial score (nSPS) is 13.1. The van der Waals surface area contributed by atoms with Crippen molar-refractivity contribution in [2.24, 2.45) is 0 Å². The summed E-state index contributed by atoms with van der Waals surface area (Å²) >= 11 is 0. The lowest BCUT2D eigenvalue weighted by Gasteiger charge is -2.19. The molecule has 0 aliphatic carbocycles. The summed E-state index contributed by atoms with van der Waals surface area (Å²) in [5, 5.41) is -2.01. The molecule has 0 amide bonds. The highest BCUT2D eigenvalue weighted by Crippen LogP contribution is 2.14. The number of hydrogen-bond acceptors (Lipinski definition) is 7. The molecule has 0 radical (unpaired) electrons. The third-order valence-corrected chi connectivity index (χ3v) is 4.30. The van der Waals surface area contributed by atoms with Gasteiger partial charge in [0, 0.05) is 6.61 Å². The summed E-state index contributed by atoms with van der Waals surface area (Å²) in [5.41, 5.74) is -1.30. The van der Waals surface area contributed by atoms with Crippen LogP contribution in [-0.4, -0.2) is 50.9 Å². The van der Waals surface area contributed by atoms with Crippen molar-refractivity contribution < 1.29 is 32.2 Å². The van der Waals surface area contributed by atoms with Gasteiger partial charge >= 0.3 is 11.9 Å². The fraction of sp³-hybridized carbons (Fsp3) is 0.818. The van der Waals surface area contributed by atoms with Gasteiger partial charge in [-0.25, -0.2) is 8.42 Å². The van der Waals surface area contributed by atoms with Crippen LogP contribution >= 0.6 is 0 Å². The molecule has 0 saturated carbocycles. The van der Waals surface area contributed by atoms with E-state index in [1.54, 1.807) is 6.92 Å². The number of carbonyl (C=O) groups excluding carboxylic acids is 2. The molecule has 0 saturated heterocycles. The van der Waals surface area contributed by atoms with Crippen LogP contribution in [-0.2, 0) is 33.6 Å². The Morgan fingerprint density at radius 3 is 1.68 bits per heavy atom. The maximum Gasteiger partial charge on any atom is 0.336 e. The molecular weight excluding hydrogens is 276 g/mol. The zero-order chi connectivity index (χ0) is 15.1. The predicted molar refractivity (Wildman–Crippen MR) is 67.1 cm³/mol. The minimum atomic E-state index is -4.18.